The summed E-state index contributed by atoms with van der Waals surface area (Å²) in [7, 11) is 5.73. The average molecular weight is 352 g/mol. The lowest BCUT2D eigenvalue weighted by Crippen LogP contribution is -2.33. The average Bonchev–Trinajstić information content (AvgIpc) is 3.14. The standard InChI is InChI=1S/C18H21BN4OS/c19-16-12-23-14-6-5-13(11-15(14)25-18(23)21-16)17(24)20-7-4-10-22-8-2-1-3-9-22/h5-6,11-12H,1-4,7-10H2,(H,20,24). The SMILES string of the molecule is [B]c1cn2c(n1)sc1cc(C(=O)NCCCN3CCCCC3)ccc12. The van der Waals surface area contributed by atoms with Gasteiger partial charge in [-0.15, -0.1) is 0 Å². The summed E-state index contributed by atoms with van der Waals surface area (Å²) in [5.74, 6) is -0.00824. The monoisotopic (exact) mass is 352 g/mol. The Bertz CT molecular complexity index is 897. The minimum Gasteiger partial charge on any atom is -0.352 e. The zero-order valence-corrected chi connectivity index (χ0v) is 15.0. The molecule has 25 heavy (non-hydrogen) atoms. The van der Waals surface area contributed by atoms with Gasteiger partial charge in [-0.2, -0.15) is 0 Å². The quantitative estimate of drug-likeness (QED) is 0.564. The molecular weight excluding hydrogens is 331 g/mol. The number of nitrogens with one attached hydrogen (secondary N) is 1. The molecule has 3 aromatic rings. The summed E-state index contributed by atoms with van der Waals surface area (Å²) in [5.41, 5.74) is 2.25. The summed E-state index contributed by atoms with van der Waals surface area (Å²) >= 11 is 1.55. The van der Waals surface area contributed by atoms with Crippen LogP contribution in [0.5, 0.6) is 0 Å². The fourth-order valence-electron chi connectivity index (χ4n) is 3.45. The van der Waals surface area contributed by atoms with Gasteiger partial charge >= 0.3 is 0 Å². The number of fused-ring (bicyclic) bond motifs is 3. The lowest BCUT2D eigenvalue weighted by Gasteiger charge is -2.26. The molecule has 128 valence electrons. The molecule has 0 saturated carbocycles. The van der Waals surface area contributed by atoms with E-state index in [1.165, 1.54) is 32.4 Å². The maximum absolute atomic E-state index is 12.4. The molecule has 5 nitrogen and oxygen atoms in total. The first-order valence-corrected chi connectivity index (χ1v) is 9.70. The molecule has 2 aromatic heterocycles. The van der Waals surface area contributed by atoms with E-state index in [1.807, 2.05) is 28.8 Å². The number of amides is 1. The van der Waals surface area contributed by atoms with Gasteiger partial charge in [-0.1, -0.05) is 17.8 Å². The number of aromatic nitrogens is 2. The van der Waals surface area contributed by atoms with Crippen LogP contribution in [0, 0.1) is 0 Å². The molecular formula is C18H21BN4OS. The molecule has 1 aromatic carbocycles. The summed E-state index contributed by atoms with van der Waals surface area (Å²) in [5, 5.41) is 3.04. The topological polar surface area (TPSA) is 49.6 Å². The highest BCUT2D eigenvalue weighted by Gasteiger charge is 2.12. The third-order valence-corrected chi connectivity index (χ3v) is 5.78. The van der Waals surface area contributed by atoms with Gasteiger partial charge in [0.05, 0.1) is 10.2 Å². The van der Waals surface area contributed by atoms with Gasteiger partial charge in [-0.05, 0) is 57.1 Å². The van der Waals surface area contributed by atoms with Crippen molar-refractivity contribution in [1.29, 1.82) is 0 Å². The largest absolute Gasteiger partial charge is 0.352 e. The van der Waals surface area contributed by atoms with Crippen LogP contribution in [-0.2, 0) is 0 Å². The van der Waals surface area contributed by atoms with E-state index in [0.717, 1.165) is 34.7 Å². The number of nitrogens with zero attached hydrogens (tertiary/aromatic N) is 3. The zero-order chi connectivity index (χ0) is 17.2. The number of hydrogen-bond donors (Lipinski definition) is 1. The Labute approximate surface area is 152 Å². The van der Waals surface area contributed by atoms with E-state index in [9.17, 15) is 4.79 Å². The molecule has 0 unspecified atom stereocenters. The summed E-state index contributed by atoms with van der Waals surface area (Å²) in [4.78, 5) is 20.0. The number of carbonyl (C=O) groups excluding carboxylic acids is 1. The van der Waals surface area contributed by atoms with Gasteiger partial charge in [-0.3, -0.25) is 9.20 Å². The minimum atomic E-state index is -0.00824. The van der Waals surface area contributed by atoms with Crippen molar-refractivity contribution in [3.8, 4) is 0 Å². The van der Waals surface area contributed by atoms with Crippen molar-refractivity contribution in [3.63, 3.8) is 0 Å². The van der Waals surface area contributed by atoms with Gasteiger partial charge in [0.15, 0.2) is 4.96 Å². The summed E-state index contributed by atoms with van der Waals surface area (Å²) in [6.07, 6.45) is 6.79. The van der Waals surface area contributed by atoms with Crippen LogP contribution < -0.4 is 10.9 Å². The predicted molar refractivity (Wildman–Crippen MR) is 103 cm³/mol. The zero-order valence-electron chi connectivity index (χ0n) is 14.2. The summed E-state index contributed by atoms with van der Waals surface area (Å²) in [6.45, 7) is 4.20. The van der Waals surface area contributed by atoms with Crippen LogP contribution in [0.15, 0.2) is 24.4 Å². The van der Waals surface area contributed by atoms with E-state index < -0.39 is 0 Å². The smallest absolute Gasteiger partial charge is 0.251 e. The molecule has 1 fully saturated rings. The third kappa shape index (κ3) is 3.57. The second kappa shape index (κ2) is 7.18. The highest BCUT2D eigenvalue weighted by atomic mass is 32.1. The first kappa shape index (κ1) is 16.6. The Hall–Kier alpha value is -1.86. The molecule has 1 N–H and O–H groups in total. The fraction of sp³-hybridized carbons (Fsp3) is 0.444. The first-order chi connectivity index (χ1) is 12.2. The fourth-order valence-corrected chi connectivity index (χ4v) is 4.50. The van der Waals surface area contributed by atoms with E-state index in [4.69, 9.17) is 7.85 Å². The van der Waals surface area contributed by atoms with Crippen LogP contribution in [0.3, 0.4) is 0 Å². The summed E-state index contributed by atoms with van der Waals surface area (Å²) in [6, 6.07) is 5.76. The van der Waals surface area contributed by atoms with Gasteiger partial charge in [0.25, 0.3) is 5.91 Å². The number of carbonyl (C=O) groups is 1. The molecule has 1 aliphatic heterocycles. The van der Waals surface area contributed by atoms with Gasteiger partial charge in [-0.25, -0.2) is 4.98 Å². The Morgan fingerprint density at radius 2 is 2.12 bits per heavy atom. The molecule has 1 aliphatic rings. The van der Waals surface area contributed by atoms with Crippen molar-refractivity contribution < 1.29 is 4.79 Å². The number of likely N-dealkylation sites (tertiary alicyclic amines) is 1. The van der Waals surface area contributed by atoms with E-state index >= 15 is 0 Å². The Morgan fingerprint density at radius 3 is 2.96 bits per heavy atom. The highest BCUT2D eigenvalue weighted by Crippen LogP contribution is 2.25. The van der Waals surface area contributed by atoms with E-state index in [-0.39, 0.29) is 5.91 Å². The van der Waals surface area contributed by atoms with Crippen molar-refractivity contribution in [2.45, 2.75) is 25.7 Å². The van der Waals surface area contributed by atoms with Crippen LogP contribution in [0.25, 0.3) is 15.2 Å². The highest BCUT2D eigenvalue weighted by molar-refractivity contribution is 7.23. The predicted octanol–water partition coefficient (Wildman–Crippen LogP) is 1.95. The van der Waals surface area contributed by atoms with Crippen molar-refractivity contribution in [2.24, 2.45) is 0 Å². The number of rotatable bonds is 5. The normalized spacial score (nSPS) is 15.8. The van der Waals surface area contributed by atoms with Gasteiger partial charge in [0, 0.05) is 23.9 Å². The van der Waals surface area contributed by atoms with Gasteiger partial charge in [0.1, 0.15) is 7.85 Å². The molecule has 0 bridgehead atoms. The number of piperidine rings is 1. The van der Waals surface area contributed by atoms with Crippen molar-refractivity contribution >= 4 is 45.9 Å². The molecule has 0 spiro atoms. The summed E-state index contributed by atoms with van der Waals surface area (Å²) < 4.78 is 3.01. The number of imidazole rings is 1. The van der Waals surface area contributed by atoms with Crippen LogP contribution in [0.2, 0.25) is 0 Å². The van der Waals surface area contributed by atoms with Crippen LogP contribution in [0.1, 0.15) is 36.0 Å². The molecule has 3 heterocycles. The molecule has 7 heteroatoms. The Balaban J connectivity index is 1.36. The van der Waals surface area contributed by atoms with Crippen LogP contribution in [0.4, 0.5) is 0 Å². The second-order valence-electron chi connectivity index (χ2n) is 6.61. The Kier molecular flexibility index (Phi) is 4.77. The van der Waals surface area contributed by atoms with Gasteiger partial charge in [0.2, 0.25) is 0 Å². The maximum Gasteiger partial charge on any atom is 0.251 e. The van der Waals surface area contributed by atoms with Crippen LogP contribution >= 0.6 is 11.3 Å². The van der Waals surface area contributed by atoms with Crippen LogP contribution in [-0.4, -0.2) is 54.2 Å². The van der Waals surface area contributed by atoms with E-state index in [1.54, 1.807) is 11.3 Å². The Morgan fingerprint density at radius 1 is 1.28 bits per heavy atom. The van der Waals surface area contributed by atoms with Crippen molar-refractivity contribution in [2.75, 3.05) is 26.2 Å². The molecule has 2 radical (unpaired) electrons. The lowest BCUT2D eigenvalue weighted by molar-refractivity contribution is 0.0951. The molecule has 4 rings (SSSR count). The van der Waals surface area contributed by atoms with E-state index in [0.29, 0.717) is 11.2 Å². The first-order valence-electron chi connectivity index (χ1n) is 8.88. The number of benzene rings is 1. The van der Waals surface area contributed by atoms with Crippen molar-refractivity contribution in [3.05, 3.63) is 30.0 Å². The molecule has 0 aliphatic carbocycles. The maximum atomic E-state index is 12.4. The van der Waals surface area contributed by atoms with E-state index in [2.05, 4.69) is 15.2 Å². The van der Waals surface area contributed by atoms with Crippen molar-refractivity contribution in [1.82, 2.24) is 19.6 Å². The minimum absolute atomic E-state index is 0.00824. The third-order valence-electron chi connectivity index (χ3n) is 4.76. The number of thiazole rings is 1. The molecule has 0 atom stereocenters. The number of hydrogen-bond acceptors (Lipinski definition) is 4. The lowest BCUT2D eigenvalue weighted by atomic mass is 10.1. The van der Waals surface area contributed by atoms with Gasteiger partial charge < -0.3 is 10.2 Å². The second-order valence-corrected chi connectivity index (χ2v) is 7.62. The molecule has 1 amide bonds. The molecule has 1 saturated heterocycles.